The van der Waals surface area contributed by atoms with Gasteiger partial charge >= 0.3 is 0 Å². The standard InChI is InChI=1S/C18H32N2/c1-3-4-5-6-7-8-9-10-11-12-13-14-16-20-17-15-19-18(20)2/h14-17H,3-13H2,1-2H3/p+1. The topological polar surface area (TPSA) is 19.7 Å². The number of aromatic nitrogens is 2. The number of H-pyrrole nitrogens is 1. The van der Waals surface area contributed by atoms with Crippen molar-refractivity contribution in [1.29, 1.82) is 0 Å². The lowest BCUT2D eigenvalue weighted by molar-refractivity contribution is -0.574. The largest absolute Gasteiger partial charge is 0.255 e. The first-order valence-electron chi connectivity index (χ1n) is 8.56. The fourth-order valence-corrected chi connectivity index (χ4v) is 2.52. The van der Waals surface area contributed by atoms with Crippen LogP contribution in [-0.2, 0) is 0 Å². The van der Waals surface area contributed by atoms with Crippen LogP contribution in [0.15, 0.2) is 18.5 Å². The van der Waals surface area contributed by atoms with Crippen molar-refractivity contribution in [2.45, 2.75) is 84.5 Å². The number of aryl methyl sites for hydroxylation is 1. The van der Waals surface area contributed by atoms with Crippen molar-refractivity contribution in [3.05, 3.63) is 24.3 Å². The smallest absolute Gasteiger partial charge is 0.247 e. The molecule has 1 N–H and O–H groups in total. The van der Waals surface area contributed by atoms with Gasteiger partial charge in [0.1, 0.15) is 12.4 Å². The summed E-state index contributed by atoms with van der Waals surface area (Å²) in [4.78, 5) is 3.17. The Kier molecular flexibility index (Phi) is 9.99. The molecule has 0 atom stereocenters. The minimum Gasteiger partial charge on any atom is -0.247 e. The van der Waals surface area contributed by atoms with Crippen molar-refractivity contribution in [3.63, 3.8) is 0 Å². The number of unbranched alkanes of at least 4 members (excludes halogenated alkanes) is 10. The third-order valence-electron chi connectivity index (χ3n) is 3.91. The van der Waals surface area contributed by atoms with Crippen LogP contribution in [-0.4, -0.2) is 4.98 Å². The highest BCUT2D eigenvalue weighted by Gasteiger charge is 1.98. The van der Waals surface area contributed by atoms with Gasteiger partial charge in [-0.2, -0.15) is 0 Å². The predicted molar refractivity (Wildman–Crippen MR) is 87.5 cm³/mol. The first-order chi connectivity index (χ1) is 9.84. The zero-order chi connectivity index (χ0) is 14.5. The number of nitrogens with one attached hydrogen (secondary N) is 1. The van der Waals surface area contributed by atoms with Crippen molar-refractivity contribution in [2.24, 2.45) is 0 Å². The van der Waals surface area contributed by atoms with Crippen LogP contribution in [0.1, 0.15) is 83.4 Å². The Morgan fingerprint density at radius 2 is 1.55 bits per heavy atom. The minimum absolute atomic E-state index is 1.18. The average molecular weight is 277 g/mol. The van der Waals surface area contributed by atoms with Gasteiger partial charge in [0.25, 0.3) is 5.82 Å². The second-order valence-corrected chi connectivity index (χ2v) is 5.81. The number of nitrogens with zero attached hydrogens (tertiary/aromatic N) is 1. The molecule has 0 aliphatic heterocycles. The van der Waals surface area contributed by atoms with E-state index in [0.29, 0.717) is 0 Å². The summed E-state index contributed by atoms with van der Waals surface area (Å²) in [6.07, 6.45) is 23.8. The Morgan fingerprint density at radius 1 is 0.950 bits per heavy atom. The molecular weight excluding hydrogens is 244 g/mol. The molecular formula is C18H33N2+. The molecule has 0 radical (unpaired) electrons. The van der Waals surface area contributed by atoms with Gasteiger partial charge in [0.15, 0.2) is 0 Å². The van der Waals surface area contributed by atoms with Gasteiger partial charge in [0, 0.05) is 6.92 Å². The zero-order valence-corrected chi connectivity index (χ0v) is 13.5. The summed E-state index contributed by atoms with van der Waals surface area (Å²) in [6, 6.07) is 0. The van der Waals surface area contributed by atoms with Crippen LogP contribution < -0.4 is 4.57 Å². The highest BCUT2D eigenvalue weighted by molar-refractivity contribution is 5.06. The van der Waals surface area contributed by atoms with Crippen molar-refractivity contribution < 1.29 is 4.57 Å². The molecule has 1 aromatic heterocycles. The lowest BCUT2D eigenvalue weighted by Gasteiger charge is -2.01. The van der Waals surface area contributed by atoms with Crippen molar-refractivity contribution in [1.82, 2.24) is 4.98 Å². The number of imidazole rings is 1. The number of aromatic amines is 1. The molecule has 0 aliphatic rings. The minimum atomic E-state index is 1.18. The van der Waals surface area contributed by atoms with Gasteiger partial charge < -0.3 is 0 Å². The normalized spacial score (nSPS) is 11.5. The molecule has 0 saturated carbocycles. The summed E-state index contributed by atoms with van der Waals surface area (Å²) in [5, 5.41) is 0. The molecule has 0 amide bonds. The molecule has 1 rings (SSSR count). The Labute approximate surface area is 125 Å². The highest BCUT2D eigenvalue weighted by Crippen LogP contribution is 2.11. The van der Waals surface area contributed by atoms with Crippen LogP contribution in [0.5, 0.6) is 0 Å². The summed E-state index contributed by atoms with van der Waals surface area (Å²) in [5.41, 5.74) is 0. The number of hydrogen-bond acceptors (Lipinski definition) is 0. The van der Waals surface area contributed by atoms with Crippen LogP contribution in [0.3, 0.4) is 0 Å². The molecule has 0 spiro atoms. The van der Waals surface area contributed by atoms with E-state index in [-0.39, 0.29) is 0 Å². The van der Waals surface area contributed by atoms with Gasteiger partial charge in [0.05, 0.1) is 6.20 Å². The summed E-state index contributed by atoms with van der Waals surface area (Å²) in [7, 11) is 0. The third kappa shape index (κ3) is 8.19. The number of allylic oxidation sites excluding steroid dienone is 1. The maximum atomic E-state index is 3.17. The summed E-state index contributed by atoms with van der Waals surface area (Å²) >= 11 is 0. The van der Waals surface area contributed by atoms with E-state index >= 15 is 0 Å². The lowest BCUT2D eigenvalue weighted by atomic mass is 10.1. The van der Waals surface area contributed by atoms with E-state index in [4.69, 9.17) is 0 Å². The first kappa shape index (κ1) is 17.0. The van der Waals surface area contributed by atoms with Gasteiger partial charge in [-0.1, -0.05) is 64.7 Å². The fourth-order valence-electron chi connectivity index (χ4n) is 2.52. The SMILES string of the molecule is CCCCCCCCCCCCC=C[n+]1cc[nH]c1C. The van der Waals surface area contributed by atoms with Gasteiger partial charge in [-0.05, 0) is 18.9 Å². The molecule has 0 saturated heterocycles. The van der Waals surface area contributed by atoms with Gasteiger partial charge in [0.2, 0.25) is 0 Å². The molecule has 114 valence electrons. The maximum absolute atomic E-state index is 3.17. The van der Waals surface area contributed by atoms with Gasteiger partial charge in [-0.25, -0.2) is 9.55 Å². The molecule has 2 heteroatoms. The van der Waals surface area contributed by atoms with E-state index in [1.165, 1.54) is 76.5 Å². The summed E-state index contributed by atoms with van der Waals surface area (Å²) in [5.74, 6) is 1.18. The van der Waals surface area contributed by atoms with Crippen molar-refractivity contribution in [3.8, 4) is 0 Å². The lowest BCUT2D eigenvalue weighted by Crippen LogP contribution is -2.26. The predicted octanol–water partition coefficient (Wildman–Crippen LogP) is 5.39. The van der Waals surface area contributed by atoms with Crippen LogP contribution in [0.25, 0.3) is 6.20 Å². The molecule has 0 aromatic carbocycles. The van der Waals surface area contributed by atoms with E-state index < -0.39 is 0 Å². The molecule has 1 heterocycles. The van der Waals surface area contributed by atoms with Crippen LogP contribution in [0.2, 0.25) is 0 Å². The molecule has 0 aliphatic carbocycles. The van der Waals surface area contributed by atoms with Gasteiger partial charge in [-0.3, -0.25) is 0 Å². The molecule has 2 nitrogen and oxygen atoms in total. The molecule has 0 unspecified atom stereocenters. The fraction of sp³-hybridized carbons (Fsp3) is 0.722. The second-order valence-electron chi connectivity index (χ2n) is 5.81. The van der Waals surface area contributed by atoms with E-state index in [1.807, 2.05) is 6.20 Å². The summed E-state index contributed by atoms with van der Waals surface area (Å²) in [6.45, 7) is 4.37. The van der Waals surface area contributed by atoms with E-state index in [0.717, 1.165) is 0 Å². The Bertz CT molecular complexity index is 352. The quantitative estimate of drug-likeness (QED) is 0.390. The maximum Gasteiger partial charge on any atom is 0.255 e. The Balaban J connectivity index is 1.85. The first-order valence-corrected chi connectivity index (χ1v) is 8.56. The second kappa shape index (κ2) is 11.7. The van der Waals surface area contributed by atoms with E-state index in [1.54, 1.807) is 0 Å². The van der Waals surface area contributed by atoms with Crippen molar-refractivity contribution >= 4 is 6.20 Å². The molecule has 1 aromatic rings. The monoisotopic (exact) mass is 277 g/mol. The Morgan fingerprint density at radius 3 is 2.10 bits per heavy atom. The average Bonchev–Trinajstić information content (AvgIpc) is 2.85. The Hall–Kier alpha value is -1.05. The number of rotatable bonds is 12. The van der Waals surface area contributed by atoms with Crippen molar-refractivity contribution in [2.75, 3.05) is 0 Å². The highest BCUT2D eigenvalue weighted by atomic mass is 15.0. The molecule has 0 fully saturated rings. The van der Waals surface area contributed by atoms with Gasteiger partial charge in [-0.15, -0.1) is 0 Å². The van der Waals surface area contributed by atoms with Crippen LogP contribution >= 0.6 is 0 Å². The van der Waals surface area contributed by atoms with E-state index in [2.05, 4.69) is 41.9 Å². The summed E-state index contributed by atoms with van der Waals surface area (Å²) < 4.78 is 2.14. The third-order valence-corrected chi connectivity index (χ3v) is 3.91. The molecule has 20 heavy (non-hydrogen) atoms. The zero-order valence-electron chi connectivity index (χ0n) is 13.5. The van der Waals surface area contributed by atoms with Crippen LogP contribution in [0.4, 0.5) is 0 Å². The number of hydrogen-bond donors (Lipinski definition) is 1. The van der Waals surface area contributed by atoms with Crippen LogP contribution in [0, 0.1) is 6.92 Å². The van der Waals surface area contributed by atoms with E-state index in [9.17, 15) is 0 Å². The molecule has 0 bridgehead atoms.